The second kappa shape index (κ2) is 5.12. The number of hydrogen-bond donors (Lipinski definition) is 0. The summed E-state index contributed by atoms with van der Waals surface area (Å²) in [5.41, 5.74) is 0.437. The average molecular weight is 233 g/mol. The van der Waals surface area contributed by atoms with Gasteiger partial charge in [0.2, 0.25) is 0 Å². The fourth-order valence-electron chi connectivity index (χ4n) is 1.39. The smallest absolute Gasteiger partial charge is 0.283 e. The largest absolute Gasteiger partial charge is 0.480 e. The first kappa shape index (κ1) is 12.7. The number of ether oxygens (including phenoxy) is 1. The summed E-state index contributed by atoms with van der Waals surface area (Å²) < 4.78 is 5.16. The molecule has 0 aromatic heterocycles. The summed E-state index contributed by atoms with van der Waals surface area (Å²) in [6.45, 7) is 3.00. The van der Waals surface area contributed by atoms with E-state index in [-0.39, 0.29) is 23.6 Å². The molecule has 0 spiro atoms. The van der Waals surface area contributed by atoms with Crippen LogP contribution in [0.4, 0.5) is 5.69 Å². The van der Waals surface area contributed by atoms with Crippen LogP contribution in [-0.2, 0) is 0 Å². The number of nitro benzene ring substituents is 1. The monoisotopic (exact) mass is 233 g/mol. The second-order valence-corrected chi connectivity index (χ2v) is 3.44. The maximum Gasteiger partial charge on any atom is 0.283 e. The number of terminal acetylenes is 1. The molecule has 5 nitrogen and oxygen atoms in total. The van der Waals surface area contributed by atoms with Crippen LogP contribution < -0.4 is 4.74 Å². The van der Waals surface area contributed by atoms with Crippen LogP contribution >= 0.6 is 0 Å². The van der Waals surface area contributed by atoms with Crippen molar-refractivity contribution in [2.24, 2.45) is 0 Å². The summed E-state index contributed by atoms with van der Waals surface area (Å²) in [4.78, 5) is 21.5. The minimum absolute atomic E-state index is 0.0252. The van der Waals surface area contributed by atoms with Gasteiger partial charge in [-0.2, -0.15) is 0 Å². The predicted octanol–water partition coefficient (Wildman–Crippen LogP) is 2.12. The van der Waals surface area contributed by atoms with E-state index >= 15 is 0 Å². The van der Waals surface area contributed by atoms with Crippen LogP contribution in [0.15, 0.2) is 12.1 Å². The molecule has 0 radical (unpaired) electrons. The molecule has 88 valence electrons. The topological polar surface area (TPSA) is 69.4 Å². The molecule has 0 aliphatic carbocycles. The van der Waals surface area contributed by atoms with E-state index in [4.69, 9.17) is 11.2 Å². The fraction of sp³-hybridized carbons (Fsp3) is 0.250. The molecule has 0 N–H and O–H groups in total. The molecular formula is C12H11NO4. The Morgan fingerprint density at radius 1 is 1.59 bits per heavy atom. The Bertz CT molecular complexity index is 514. The molecule has 0 aliphatic rings. The summed E-state index contributed by atoms with van der Waals surface area (Å²) in [5.74, 6) is 2.23. The predicted molar refractivity (Wildman–Crippen MR) is 62.2 cm³/mol. The first-order valence-corrected chi connectivity index (χ1v) is 4.83. The molecule has 0 saturated carbocycles. The third kappa shape index (κ3) is 2.82. The van der Waals surface area contributed by atoms with Crippen LogP contribution in [0.2, 0.25) is 0 Å². The lowest BCUT2D eigenvalue weighted by molar-refractivity contribution is -0.385. The number of nitrogens with zero attached hydrogens (tertiary/aromatic N) is 1. The van der Waals surface area contributed by atoms with Crippen LogP contribution in [0.25, 0.3) is 0 Å². The number of carbonyl (C=O) groups excluding carboxylic acids is 1. The number of rotatable bonds is 4. The van der Waals surface area contributed by atoms with Crippen LogP contribution in [0.5, 0.6) is 5.75 Å². The Balaban J connectivity index is 3.30. The van der Waals surface area contributed by atoms with E-state index in [0.717, 1.165) is 0 Å². The molecular weight excluding hydrogens is 222 g/mol. The van der Waals surface area contributed by atoms with E-state index in [1.165, 1.54) is 19.1 Å². The summed E-state index contributed by atoms with van der Waals surface area (Å²) in [7, 11) is 0. The van der Waals surface area contributed by atoms with Crippen molar-refractivity contribution in [2.75, 3.05) is 6.61 Å². The number of aryl methyl sites for hydroxylation is 1. The van der Waals surface area contributed by atoms with Crippen LogP contribution in [0.1, 0.15) is 22.8 Å². The lowest BCUT2D eigenvalue weighted by Crippen LogP contribution is -2.03. The molecule has 0 heterocycles. The van der Waals surface area contributed by atoms with Gasteiger partial charge in [-0.25, -0.2) is 0 Å². The van der Waals surface area contributed by atoms with E-state index < -0.39 is 4.92 Å². The van der Waals surface area contributed by atoms with E-state index in [2.05, 4.69) is 5.92 Å². The van der Waals surface area contributed by atoms with Crippen LogP contribution in [0, 0.1) is 29.4 Å². The van der Waals surface area contributed by atoms with Crippen LogP contribution in [-0.4, -0.2) is 17.3 Å². The molecule has 1 aromatic rings. The van der Waals surface area contributed by atoms with Crippen molar-refractivity contribution < 1.29 is 14.5 Å². The highest BCUT2D eigenvalue weighted by Gasteiger charge is 2.20. The third-order valence-corrected chi connectivity index (χ3v) is 2.18. The molecule has 1 aromatic carbocycles. The van der Waals surface area contributed by atoms with Crippen molar-refractivity contribution >= 4 is 11.5 Å². The normalized spacial score (nSPS) is 9.47. The molecule has 0 aliphatic heterocycles. The zero-order chi connectivity index (χ0) is 13.0. The standard InChI is InChI=1S/C12H11NO4/c1-4-5-17-12-7-11(13(15)16)10(9(3)14)6-8(12)2/h1,6-7H,5H2,2-3H3. The van der Waals surface area contributed by atoms with Gasteiger partial charge in [0.15, 0.2) is 5.78 Å². The SMILES string of the molecule is C#CCOc1cc([N+](=O)[O-])c(C(C)=O)cc1C. The van der Waals surface area contributed by atoms with Gasteiger partial charge in [-0.15, -0.1) is 6.42 Å². The van der Waals surface area contributed by atoms with Gasteiger partial charge in [0.05, 0.1) is 16.6 Å². The van der Waals surface area contributed by atoms with Crippen molar-refractivity contribution in [3.63, 3.8) is 0 Å². The maximum atomic E-state index is 11.3. The quantitative estimate of drug-likeness (QED) is 0.345. The first-order chi connectivity index (χ1) is 7.97. The third-order valence-electron chi connectivity index (χ3n) is 2.18. The minimum atomic E-state index is -0.612. The highest BCUT2D eigenvalue weighted by Crippen LogP contribution is 2.28. The molecule has 0 atom stereocenters. The minimum Gasteiger partial charge on any atom is -0.480 e. The molecule has 0 unspecified atom stereocenters. The van der Waals surface area contributed by atoms with Crippen LogP contribution in [0.3, 0.4) is 0 Å². The van der Waals surface area contributed by atoms with Gasteiger partial charge in [-0.1, -0.05) is 5.92 Å². The Morgan fingerprint density at radius 3 is 2.71 bits per heavy atom. The van der Waals surface area contributed by atoms with Crippen molar-refractivity contribution in [3.8, 4) is 18.1 Å². The van der Waals surface area contributed by atoms with Gasteiger partial charge in [-0.05, 0) is 25.5 Å². The molecule has 17 heavy (non-hydrogen) atoms. The molecule has 0 bridgehead atoms. The maximum absolute atomic E-state index is 11.3. The highest BCUT2D eigenvalue weighted by atomic mass is 16.6. The summed E-state index contributed by atoms with van der Waals surface area (Å²) >= 11 is 0. The van der Waals surface area contributed by atoms with E-state index in [1.54, 1.807) is 6.92 Å². The van der Waals surface area contributed by atoms with Gasteiger partial charge in [0.1, 0.15) is 12.4 Å². The Morgan fingerprint density at radius 2 is 2.24 bits per heavy atom. The summed E-state index contributed by atoms with van der Waals surface area (Å²) in [6.07, 6.45) is 5.04. The number of nitro groups is 1. The zero-order valence-corrected chi connectivity index (χ0v) is 9.52. The molecule has 0 fully saturated rings. The van der Waals surface area contributed by atoms with Crippen molar-refractivity contribution in [3.05, 3.63) is 33.4 Å². The first-order valence-electron chi connectivity index (χ1n) is 4.83. The Hall–Kier alpha value is -2.35. The lowest BCUT2D eigenvalue weighted by Gasteiger charge is -2.08. The van der Waals surface area contributed by atoms with Crippen molar-refractivity contribution in [1.29, 1.82) is 0 Å². The van der Waals surface area contributed by atoms with Gasteiger partial charge in [0.25, 0.3) is 5.69 Å². The summed E-state index contributed by atoms with van der Waals surface area (Å²) in [5, 5.41) is 10.8. The van der Waals surface area contributed by atoms with E-state index in [0.29, 0.717) is 11.3 Å². The number of Topliss-reactive ketones (excluding diaryl/α,β-unsaturated/α-hetero) is 1. The Labute approximate surface area is 98.5 Å². The van der Waals surface area contributed by atoms with Gasteiger partial charge in [-0.3, -0.25) is 14.9 Å². The average Bonchev–Trinajstić information content (AvgIpc) is 2.26. The van der Waals surface area contributed by atoms with Crippen molar-refractivity contribution in [2.45, 2.75) is 13.8 Å². The van der Waals surface area contributed by atoms with Gasteiger partial charge in [0, 0.05) is 0 Å². The number of benzene rings is 1. The molecule has 0 saturated heterocycles. The number of carbonyl (C=O) groups is 1. The van der Waals surface area contributed by atoms with Gasteiger partial charge < -0.3 is 4.74 Å². The van der Waals surface area contributed by atoms with E-state index in [9.17, 15) is 14.9 Å². The lowest BCUT2D eigenvalue weighted by atomic mass is 10.1. The second-order valence-electron chi connectivity index (χ2n) is 3.44. The Kier molecular flexibility index (Phi) is 3.83. The zero-order valence-electron chi connectivity index (χ0n) is 9.52. The molecule has 0 amide bonds. The van der Waals surface area contributed by atoms with E-state index in [1.807, 2.05) is 0 Å². The number of ketones is 1. The van der Waals surface area contributed by atoms with Gasteiger partial charge >= 0.3 is 0 Å². The fourth-order valence-corrected chi connectivity index (χ4v) is 1.39. The summed E-state index contributed by atoms with van der Waals surface area (Å²) in [6, 6.07) is 2.66. The molecule has 1 rings (SSSR count). The molecule has 5 heteroatoms. The number of hydrogen-bond acceptors (Lipinski definition) is 4. The highest BCUT2D eigenvalue weighted by molar-refractivity contribution is 5.98. The van der Waals surface area contributed by atoms with Crippen molar-refractivity contribution in [1.82, 2.24) is 0 Å².